The molecular weight excluding hydrogens is 520 g/mol. The van der Waals surface area contributed by atoms with Gasteiger partial charge in [-0.2, -0.15) is 0 Å². The van der Waals surface area contributed by atoms with E-state index in [0.717, 1.165) is 20.7 Å². The smallest absolute Gasteiger partial charge is 0.270 e. The zero-order valence-electron chi connectivity index (χ0n) is 19.7. The van der Waals surface area contributed by atoms with Crippen LogP contribution in [0.3, 0.4) is 0 Å². The Labute approximate surface area is 225 Å². The van der Waals surface area contributed by atoms with Gasteiger partial charge >= 0.3 is 0 Å². The summed E-state index contributed by atoms with van der Waals surface area (Å²) in [4.78, 5) is 41.9. The molecule has 8 nitrogen and oxygen atoms in total. The maximum atomic E-state index is 13.4. The quantitative estimate of drug-likeness (QED) is 0.125. The average Bonchev–Trinajstić information content (AvgIpc) is 3.34. The SMILES string of the molecule is O=C(Nc1cccc(SC(C(=O)Nc2nc3ccccc3s2)c2ccccc2)c1)c1cccc([N+](=O)[O-])c1. The first-order valence-electron chi connectivity index (χ1n) is 11.5. The van der Waals surface area contributed by atoms with Crippen LogP contribution in [-0.4, -0.2) is 21.7 Å². The Balaban J connectivity index is 1.35. The second-order valence-electron chi connectivity index (χ2n) is 8.17. The van der Waals surface area contributed by atoms with Gasteiger partial charge in [-0.1, -0.05) is 65.9 Å². The maximum absolute atomic E-state index is 13.4. The molecule has 1 atom stereocenters. The van der Waals surface area contributed by atoms with Crippen molar-refractivity contribution >= 4 is 61.6 Å². The van der Waals surface area contributed by atoms with E-state index in [9.17, 15) is 19.7 Å². The summed E-state index contributed by atoms with van der Waals surface area (Å²) in [6.07, 6.45) is 0. The average molecular weight is 541 g/mol. The summed E-state index contributed by atoms with van der Waals surface area (Å²) in [6, 6.07) is 29.8. The molecule has 2 amide bonds. The number of carbonyl (C=O) groups is 2. The number of fused-ring (bicyclic) bond motifs is 1. The van der Waals surface area contributed by atoms with E-state index in [2.05, 4.69) is 15.6 Å². The third-order valence-electron chi connectivity index (χ3n) is 5.53. The molecule has 10 heteroatoms. The van der Waals surface area contributed by atoms with Crippen LogP contribution in [0.1, 0.15) is 21.2 Å². The summed E-state index contributed by atoms with van der Waals surface area (Å²) in [6.45, 7) is 0. The van der Waals surface area contributed by atoms with Crippen LogP contribution in [0.5, 0.6) is 0 Å². The molecular formula is C28H20N4O4S2. The van der Waals surface area contributed by atoms with Crippen molar-refractivity contribution in [3.05, 3.63) is 124 Å². The third kappa shape index (κ3) is 5.88. The lowest BCUT2D eigenvalue weighted by molar-refractivity contribution is -0.384. The molecule has 1 unspecified atom stereocenters. The van der Waals surface area contributed by atoms with Crippen LogP contribution in [0.15, 0.2) is 108 Å². The van der Waals surface area contributed by atoms with Gasteiger partial charge < -0.3 is 10.6 Å². The highest BCUT2D eigenvalue weighted by atomic mass is 32.2. The van der Waals surface area contributed by atoms with Gasteiger partial charge in [0.05, 0.1) is 15.1 Å². The second kappa shape index (κ2) is 11.2. The highest BCUT2D eigenvalue weighted by Gasteiger charge is 2.23. The molecule has 0 saturated carbocycles. The number of thiazole rings is 1. The highest BCUT2D eigenvalue weighted by Crippen LogP contribution is 2.38. The van der Waals surface area contributed by atoms with Crippen molar-refractivity contribution in [1.82, 2.24) is 4.98 Å². The highest BCUT2D eigenvalue weighted by molar-refractivity contribution is 8.00. The van der Waals surface area contributed by atoms with Crippen molar-refractivity contribution in [2.75, 3.05) is 10.6 Å². The van der Waals surface area contributed by atoms with Crippen molar-refractivity contribution in [1.29, 1.82) is 0 Å². The molecule has 5 rings (SSSR count). The first kappa shape index (κ1) is 25.1. The van der Waals surface area contributed by atoms with Crippen molar-refractivity contribution < 1.29 is 14.5 Å². The number of para-hydroxylation sites is 1. The molecule has 0 bridgehead atoms. The summed E-state index contributed by atoms with van der Waals surface area (Å²) >= 11 is 2.76. The number of nitrogens with one attached hydrogen (secondary N) is 2. The number of nitro groups is 1. The van der Waals surface area contributed by atoms with E-state index >= 15 is 0 Å². The maximum Gasteiger partial charge on any atom is 0.270 e. The van der Waals surface area contributed by atoms with Crippen LogP contribution in [0, 0.1) is 10.1 Å². The summed E-state index contributed by atoms with van der Waals surface area (Å²) in [5, 5.41) is 16.7. The van der Waals surface area contributed by atoms with Crippen molar-refractivity contribution in [3.63, 3.8) is 0 Å². The Bertz CT molecular complexity index is 1610. The van der Waals surface area contributed by atoms with Crippen molar-refractivity contribution in [2.24, 2.45) is 0 Å². The normalized spacial score (nSPS) is 11.6. The number of rotatable bonds is 8. The summed E-state index contributed by atoms with van der Waals surface area (Å²) in [5.74, 6) is -0.685. The topological polar surface area (TPSA) is 114 Å². The molecule has 1 heterocycles. The van der Waals surface area contributed by atoms with Gasteiger partial charge in [-0.25, -0.2) is 4.98 Å². The zero-order valence-corrected chi connectivity index (χ0v) is 21.4. The molecule has 0 aliphatic heterocycles. The summed E-state index contributed by atoms with van der Waals surface area (Å²) < 4.78 is 0.985. The number of hydrogen-bond donors (Lipinski definition) is 2. The Kier molecular flexibility index (Phi) is 7.43. The van der Waals surface area contributed by atoms with Crippen molar-refractivity contribution in [2.45, 2.75) is 10.1 Å². The van der Waals surface area contributed by atoms with Crippen LogP contribution < -0.4 is 10.6 Å². The van der Waals surface area contributed by atoms with Gasteiger partial charge in [0.15, 0.2) is 5.13 Å². The third-order valence-corrected chi connectivity index (χ3v) is 7.73. The lowest BCUT2D eigenvalue weighted by Gasteiger charge is -2.17. The number of nitro benzene ring substituents is 1. The van der Waals surface area contributed by atoms with Gasteiger partial charge in [0.2, 0.25) is 5.91 Å². The largest absolute Gasteiger partial charge is 0.322 e. The van der Waals surface area contributed by atoms with Crippen LogP contribution in [-0.2, 0) is 4.79 Å². The minimum atomic E-state index is -0.578. The molecule has 38 heavy (non-hydrogen) atoms. The number of thioether (sulfide) groups is 1. The van der Waals surface area contributed by atoms with Gasteiger partial charge in [0.1, 0.15) is 5.25 Å². The van der Waals surface area contributed by atoms with Crippen LogP contribution in [0.25, 0.3) is 10.2 Å². The van der Waals surface area contributed by atoms with E-state index in [4.69, 9.17) is 0 Å². The predicted molar refractivity (Wildman–Crippen MR) is 151 cm³/mol. The van der Waals surface area contributed by atoms with Crippen LogP contribution in [0.2, 0.25) is 0 Å². The van der Waals surface area contributed by atoms with E-state index in [1.807, 2.05) is 60.7 Å². The molecule has 0 fully saturated rings. The van der Waals surface area contributed by atoms with E-state index in [-0.39, 0.29) is 17.2 Å². The molecule has 0 aliphatic carbocycles. The minimum absolute atomic E-state index is 0.160. The van der Waals surface area contributed by atoms with Gasteiger partial charge in [0, 0.05) is 28.3 Å². The van der Waals surface area contributed by atoms with Gasteiger partial charge in [-0.3, -0.25) is 19.7 Å². The molecule has 2 N–H and O–H groups in total. The van der Waals surface area contributed by atoms with E-state index < -0.39 is 16.1 Å². The van der Waals surface area contributed by atoms with Gasteiger partial charge in [-0.15, -0.1) is 11.8 Å². The number of hydrogen-bond acceptors (Lipinski definition) is 7. The predicted octanol–water partition coefficient (Wildman–Crippen LogP) is 6.93. The molecule has 188 valence electrons. The molecule has 0 radical (unpaired) electrons. The number of carbonyl (C=O) groups excluding carboxylic acids is 2. The monoisotopic (exact) mass is 540 g/mol. The lowest BCUT2D eigenvalue weighted by Crippen LogP contribution is -2.19. The Morgan fingerprint density at radius 1 is 0.868 bits per heavy atom. The lowest BCUT2D eigenvalue weighted by atomic mass is 10.1. The Hall–Kier alpha value is -4.54. The fraction of sp³-hybridized carbons (Fsp3) is 0.0357. The number of nitrogens with zero attached hydrogens (tertiary/aromatic N) is 2. The molecule has 4 aromatic carbocycles. The first-order valence-corrected chi connectivity index (χ1v) is 13.2. The van der Waals surface area contributed by atoms with E-state index in [1.165, 1.54) is 47.4 Å². The van der Waals surface area contributed by atoms with Crippen molar-refractivity contribution in [3.8, 4) is 0 Å². The van der Waals surface area contributed by atoms with Gasteiger partial charge in [0.25, 0.3) is 11.6 Å². The molecule has 0 aliphatic rings. The number of amides is 2. The summed E-state index contributed by atoms with van der Waals surface area (Å²) in [5.41, 5.74) is 2.16. The molecule has 0 saturated heterocycles. The molecule has 5 aromatic rings. The molecule has 1 aromatic heterocycles. The number of benzene rings is 4. The number of aromatic nitrogens is 1. The number of non-ortho nitro benzene ring substituents is 1. The number of anilines is 2. The Morgan fingerprint density at radius 2 is 1.63 bits per heavy atom. The summed E-state index contributed by atoms with van der Waals surface area (Å²) in [7, 11) is 0. The molecule has 0 spiro atoms. The van der Waals surface area contributed by atoms with Gasteiger partial charge in [-0.05, 0) is 42.0 Å². The Morgan fingerprint density at radius 3 is 2.42 bits per heavy atom. The second-order valence-corrected chi connectivity index (χ2v) is 10.4. The fourth-order valence-electron chi connectivity index (χ4n) is 3.74. The van der Waals surface area contributed by atoms with Crippen LogP contribution in [0.4, 0.5) is 16.5 Å². The first-order chi connectivity index (χ1) is 18.5. The van der Waals surface area contributed by atoms with Crippen LogP contribution >= 0.6 is 23.1 Å². The minimum Gasteiger partial charge on any atom is -0.322 e. The standard InChI is InChI=1S/C28H20N4O4S2/c33-26(19-10-6-12-21(16-19)32(35)36)29-20-11-7-13-22(17-20)37-25(18-8-2-1-3-9-18)27(34)31-28-30-23-14-4-5-15-24(23)38-28/h1-17,25H,(H,29,33)(H,30,31,34). The van der Waals surface area contributed by atoms with E-state index in [0.29, 0.717) is 10.8 Å². The van der Waals surface area contributed by atoms with E-state index in [1.54, 1.807) is 18.2 Å². The zero-order chi connectivity index (χ0) is 26.5. The fourth-order valence-corrected chi connectivity index (χ4v) is 5.70.